The van der Waals surface area contributed by atoms with Crippen molar-refractivity contribution < 1.29 is 33.8 Å². The first-order valence-corrected chi connectivity index (χ1v) is 15.1. The van der Waals surface area contributed by atoms with Crippen LogP contribution in [0, 0.1) is 11.8 Å². The zero-order valence-electron chi connectivity index (χ0n) is 27.2. The molecule has 0 radical (unpaired) electrons. The molecule has 3 aromatic rings. The standard InChI is InChI=1S/C34H46BN3O7/c1-21(2)16-30(35(41)42)37-34(40)31(22(3)4)38-33(39)27(17-23-18-28(43-5)32(45-7)29(19-23)44-6)36-26-15-11-14-25(20-26)24-12-9-8-10-13-24/h8-15,18-22,27,30-31,36,41-42H,16-17H2,1-7H3,(H,37,40)(H,38,39)/t27-,30?,31-/m0/s1. The molecule has 11 heteroatoms. The molecule has 10 nitrogen and oxygen atoms in total. The molecule has 0 heterocycles. The molecule has 0 fully saturated rings. The molecule has 1 unspecified atom stereocenters. The summed E-state index contributed by atoms with van der Waals surface area (Å²) in [5.74, 6) is -0.597. The Hall–Kier alpha value is -4.22. The number of ether oxygens (including phenoxy) is 3. The van der Waals surface area contributed by atoms with E-state index in [0.717, 1.165) is 22.4 Å². The molecule has 3 rings (SSSR count). The molecule has 45 heavy (non-hydrogen) atoms. The van der Waals surface area contributed by atoms with E-state index in [4.69, 9.17) is 14.2 Å². The first-order valence-electron chi connectivity index (χ1n) is 15.1. The molecule has 0 aliphatic rings. The Labute approximate surface area is 266 Å². The molecule has 0 spiro atoms. The van der Waals surface area contributed by atoms with Crippen molar-refractivity contribution >= 4 is 24.6 Å². The van der Waals surface area contributed by atoms with Crippen LogP contribution in [0.4, 0.5) is 5.69 Å². The number of methoxy groups -OCH3 is 3. The number of carbonyl (C=O) groups is 2. The summed E-state index contributed by atoms with van der Waals surface area (Å²) in [7, 11) is 2.85. The number of carbonyl (C=O) groups excluding carboxylic acids is 2. The Morgan fingerprint density at radius 1 is 0.778 bits per heavy atom. The lowest BCUT2D eigenvalue weighted by Gasteiger charge is -2.28. The van der Waals surface area contributed by atoms with Gasteiger partial charge in [-0.3, -0.25) is 9.59 Å². The van der Waals surface area contributed by atoms with Crippen LogP contribution in [0.5, 0.6) is 17.2 Å². The largest absolute Gasteiger partial charge is 0.493 e. The monoisotopic (exact) mass is 619 g/mol. The minimum absolute atomic E-state index is 0.114. The molecule has 2 amide bonds. The molecular weight excluding hydrogens is 573 g/mol. The number of benzene rings is 3. The van der Waals surface area contributed by atoms with E-state index in [9.17, 15) is 19.6 Å². The van der Waals surface area contributed by atoms with Crippen LogP contribution < -0.4 is 30.2 Å². The van der Waals surface area contributed by atoms with E-state index < -0.39 is 37.0 Å². The maximum absolute atomic E-state index is 14.0. The molecule has 0 aromatic heterocycles. The molecule has 242 valence electrons. The second-order valence-electron chi connectivity index (χ2n) is 11.8. The Morgan fingerprint density at radius 2 is 1.40 bits per heavy atom. The zero-order chi connectivity index (χ0) is 33.1. The highest BCUT2D eigenvalue weighted by Crippen LogP contribution is 2.38. The second-order valence-corrected chi connectivity index (χ2v) is 11.8. The highest BCUT2D eigenvalue weighted by atomic mass is 16.5. The van der Waals surface area contributed by atoms with E-state index in [1.165, 1.54) is 21.3 Å². The zero-order valence-corrected chi connectivity index (χ0v) is 27.2. The summed E-state index contributed by atoms with van der Waals surface area (Å²) in [6.45, 7) is 7.50. The van der Waals surface area contributed by atoms with E-state index >= 15 is 0 Å². The van der Waals surface area contributed by atoms with Gasteiger partial charge in [-0.1, -0.05) is 70.2 Å². The fraction of sp³-hybridized carbons (Fsp3) is 0.412. The first-order chi connectivity index (χ1) is 21.5. The summed E-state index contributed by atoms with van der Waals surface area (Å²) in [6, 6.07) is 19.5. The third-order valence-corrected chi connectivity index (χ3v) is 7.45. The minimum Gasteiger partial charge on any atom is -0.493 e. The van der Waals surface area contributed by atoms with Crippen LogP contribution in [0.2, 0.25) is 0 Å². The Morgan fingerprint density at radius 3 is 1.93 bits per heavy atom. The Balaban J connectivity index is 1.95. The SMILES string of the molecule is COc1cc(C[C@H](Nc2cccc(-c3ccccc3)c2)C(=O)N[C@H](C(=O)NC(CC(C)C)B(O)O)C(C)C)cc(OC)c1OC. The molecule has 3 aromatic carbocycles. The van der Waals surface area contributed by atoms with Gasteiger partial charge in [0, 0.05) is 12.1 Å². The lowest BCUT2D eigenvalue weighted by Crippen LogP contribution is -2.57. The molecule has 0 aliphatic heterocycles. The predicted octanol–water partition coefficient (Wildman–Crippen LogP) is 4.09. The molecule has 0 aliphatic carbocycles. The van der Waals surface area contributed by atoms with Gasteiger partial charge in [-0.15, -0.1) is 0 Å². The molecular formula is C34H46BN3O7. The summed E-state index contributed by atoms with van der Waals surface area (Å²) in [5, 5.41) is 28.8. The number of amides is 2. The van der Waals surface area contributed by atoms with Crippen molar-refractivity contribution in [2.45, 2.75) is 58.6 Å². The lowest BCUT2D eigenvalue weighted by molar-refractivity contribution is -0.130. The summed E-state index contributed by atoms with van der Waals surface area (Å²) in [6.07, 6.45) is 0.584. The number of hydrogen-bond acceptors (Lipinski definition) is 8. The van der Waals surface area contributed by atoms with Gasteiger partial charge in [0.25, 0.3) is 0 Å². The molecule has 0 saturated heterocycles. The average Bonchev–Trinajstić information content (AvgIpc) is 3.02. The highest BCUT2D eigenvalue weighted by Gasteiger charge is 2.33. The lowest BCUT2D eigenvalue weighted by atomic mass is 9.75. The summed E-state index contributed by atoms with van der Waals surface area (Å²) in [4.78, 5) is 27.4. The van der Waals surface area contributed by atoms with Crippen LogP contribution in [-0.4, -0.2) is 68.3 Å². The van der Waals surface area contributed by atoms with Gasteiger partial charge in [0.15, 0.2) is 11.5 Å². The molecule has 0 saturated carbocycles. The quantitative estimate of drug-likeness (QED) is 0.151. The molecule has 0 bridgehead atoms. The predicted molar refractivity (Wildman–Crippen MR) is 177 cm³/mol. The van der Waals surface area contributed by atoms with Crippen molar-refractivity contribution in [1.29, 1.82) is 0 Å². The van der Waals surface area contributed by atoms with Crippen LogP contribution >= 0.6 is 0 Å². The van der Waals surface area contributed by atoms with Crippen LogP contribution in [0.25, 0.3) is 11.1 Å². The van der Waals surface area contributed by atoms with Crippen LogP contribution in [0.1, 0.15) is 39.7 Å². The smallest absolute Gasteiger partial charge is 0.475 e. The number of hydrogen-bond donors (Lipinski definition) is 5. The fourth-order valence-electron chi connectivity index (χ4n) is 5.14. The third-order valence-electron chi connectivity index (χ3n) is 7.45. The average molecular weight is 620 g/mol. The highest BCUT2D eigenvalue weighted by molar-refractivity contribution is 6.43. The van der Waals surface area contributed by atoms with Crippen LogP contribution in [0.15, 0.2) is 66.7 Å². The van der Waals surface area contributed by atoms with E-state index in [0.29, 0.717) is 23.7 Å². The van der Waals surface area contributed by atoms with Crippen molar-refractivity contribution in [3.05, 3.63) is 72.3 Å². The van der Waals surface area contributed by atoms with Gasteiger partial charge < -0.3 is 40.2 Å². The van der Waals surface area contributed by atoms with Gasteiger partial charge in [0.2, 0.25) is 17.6 Å². The maximum Gasteiger partial charge on any atom is 0.475 e. The van der Waals surface area contributed by atoms with Crippen molar-refractivity contribution in [3.8, 4) is 28.4 Å². The molecule has 5 N–H and O–H groups in total. The van der Waals surface area contributed by atoms with Gasteiger partial charge >= 0.3 is 7.12 Å². The number of nitrogens with one attached hydrogen (secondary N) is 3. The number of anilines is 1. The van der Waals surface area contributed by atoms with Crippen molar-refractivity contribution in [3.63, 3.8) is 0 Å². The van der Waals surface area contributed by atoms with Crippen LogP contribution in [-0.2, 0) is 16.0 Å². The van der Waals surface area contributed by atoms with Gasteiger partial charge in [-0.2, -0.15) is 0 Å². The van der Waals surface area contributed by atoms with Gasteiger partial charge in [0.1, 0.15) is 12.1 Å². The minimum atomic E-state index is -1.73. The molecule has 3 atom stereocenters. The van der Waals surface area contributed by atoms with E-state index in [1.807, 2.05) is 82.3 Å². The maximum atomic E-state index is 14.0. The summed E-state index contributed by atoms with van der Waals surface area (Å²) >= 11 is 0. The van der Waals surface area contributed by atoms with Gasteiger partial charge in [0.05, 0.1) is 27.3 Å². The summed E-state index contributed by atoms with van der Waals surface area (Å²) in [5.41, 5.74) is 3.47. The van der Waals surface area contributed by atoms with Crippen molar-refractivity contribution in [1.82, 2.24) is 10.6 Å². The Kier molecular flexibility index (Phi) is 13.1. The fourth-order valence-corrected chi connectivity index (χ4v) is 5.14. The van der Waals surface area contributed by atoms with E-state index in [2.05, 4.69) is 16.0 Å². The number of rotatable bonds is 16. The summed E-state index contributed by atoms with van der Waals surface area (Å²) < 4.78 is 16.5. The van der Waals surface area contributed by atoms with Crippen LogP contribution in [0.3, 0.4) is 0 Å². The van der Waals surface area contributed by atoms with Gasteiger partial charge in [-0.05, 0) is 59.2 Å². The van der Waals surface area contributed by atoms with E-state index in [1.54, 1.807) is 12.1 Å². The first kappa shape index (κ1) is 35.3. The second kappa shape index (κ2) is 16.7. The van der Waals surface area contributed by atoms with Crippen molar-refractivity contribution in [2.75, 3.05) is 26.6 Å². The van der Waals surface area contributed by atoms with E-state index in [-0.39, 0.29) is 18.3 Å². The Bertz CT molecular complexity index is 1380. The third kappa shape index (κ3) is 9.89. The topological polar surface area (TPSA) is 138 Å². The normalized spacial score (nSPS) is 13.0. The van der Waals surface area contributed by atoms with Crippen molar-refractivity contribution in [2.24, 2.45) is 11.8 Å². The van der Waals surface area contributed by atoms with Gasteiger partial charge in [-0.25, -0.2) is 0 Å².